The van der Waals surface area contributed by atoms with E-state index in [-0.39, 0.29) is 17.9 Å². The lowest BCUT2D eigenvalue weighted by Gasteiger charge is -2.34. The average Bonchev–Trinajstić information content (AvgIpc) is 2.81. The second-order valence-electron chi connectivity index (χ2n) is 9.04. The summed E-state index contributed by atoms with van der Waals surface area (Å²) < 4.78 is 6.40. The van der Waals surface area contributed by atoms with Gasteiger partial charge in [-0.1, -0.05) is 69.1 Å². The van der Waals surface area contributed by atoms with Gasteiger partial charge in [0.25, 0.3) is 5.91 Å². The van der Waals surface area contributed by atoms with E-state index in [0.717, 1.165) is 0 Å². The Balaban J connectivity index is 2.24. The number of carbonyl (C=O) groups is 2. The van der Waals surface area contributed by atoms with Gasteiger partial charge in [-0.05, 0) is 36.2 Å². The van der Waals surface area contributed by atoms with E-state index in [1.54, 1.807) is 30.0 Å². The molecule has 1 aliphatic rings. The summed E-state index contributed by atoms with van der Waals surface area (Å²) in [5.41, 5.74) is 1.84. The molecule has 0 unspecified atom stereocenters. The molecule has 0 saturated heterocycles. The van der Waals surface area contributed by atoms with Gasteiger partial charge in [-0.25, -0.2) is 0 Å². The normalized spacial score (nSPS) is 19.1. The molecule has 1 aliphatic heterocycles. The molecule has 0 saturated carbocycles. The van der Waals surface area contributed by atoms with Crippen molar-refractivity contribution in [3.05, 3.63) is 63.6 Å². The van der Waals surface area contributed by atoms with Crippen molar-refractivity contribution in [3.63, 3.8) is 0 Å². The number of amides is 1. The van der Waals surface area contributed by atoms with Crippen LogP contribution in [0.25, 0.3) is 0 Å². The number of hydrogen-bond acceptors (Lipinski definition) is 4. The van der Waals surface area contributed by atoms with Crippen molar-refractivity contribution < 1.29 is 19.4 Å². The van der Waals surface area contributed by atoms with Gasteiger partial charge in [-0.15, -0.1) is 0 Å². The van der Waals surface area contributed by atoms with Crippen molar-refractivity contribution in [1.82, 2.24) is 4.90 Å². The van der Waals surface area contributed by atoms with Gasteiger partial charge in [0.2, 0.25) is 0 Å². The topological polar surface area (TPSA) is 70.1 Å². The number of benzene rings is 2. The summed E-state index contributed by atoms with van der Waals surface area (Å²) in [6.45, 7) is 8.32. The molecule has 6 nitrogen and oxygen atoms in total. The van der Waals surface area contributed by atoms with Crippen LogP contribution in [0.5, 0.6) is 0 Å². The Morgan fingerprint density at radius 3 is 2.44 bits per heavy atom. The fourth-order valence-electron chi connectivity index (χ4n) is 3.84. The molecule has 0 spiro atoms. The number of nitrogens with zero attached hydrogens (tertiary/aromatic N) is 2. The zero-order valence-electron chi connectivity index (χ0n) is 18.6. The monoisotopic (exact) mass is 478 g/mol. The zero-order chi connectivity index (χ0) is 23.6. The second-order valence-corrected chi connectivity index (χ2v) is 9.88. The molecule has 1 heterocycles. The average molecular weight is 479 g/mol. The summed E-state index contributed by atoms with van der Waals surface area (Å²) in [5, 5.41) is 10.4. The summed E-state index contributed by atoms with van der Waals surface area (Å²) in [7, 11) is 0. The van der Waals surface area contributed by atoms with Crippen LogP contribution < -0.4 is 4.90 Å². The Morgan fingerprint density at radius 1 is 1.16 bits per heavy atom. The number of hydrogen-bond donors (Lipinski definition) is 1. The van der Waals surface area contributed by atoms with Crippen molar-refractivity contribution in [3.8, 4) is 0 Å². The maximum atomic E-state index is 13.8. The molecule has 1 N–H and O–H groups in total. The first-order chi connectivity index (χ1) is 15.0. The van der Waals surface area contributed by atoms with Gasteiger partial charge in [0, 0.05) is 27.7 Å². The summed E-state index contributed by atoms with van der Waals surface area (Å²) in [5.74, 6) is -1.36. The quantitative estimate of drug-likeness (QED) is 0.615. The Morgan fingerprint density at radius 2 is 1.84 bits per heavy atom. The molecule has 0 aliphatic carbocycles. The molecule has 2 aromatic carbocycles. The van der Waals surface area contributed by atoms with E-state index in [9.17, 15) is 14.7 Å². The smallest absolute Gasteiger partial charge is 0.317 e. The minimum Gasteiger partial charge on any atom is -0.480 e. The minimum absolute atomic E-state index is 0.217. The van der Waals surface area contributed by atoms with Crippen LogP contribution in [-0.4, -0.2) is 47.7 Å². The number of halogens is 2. The zero-order valence-corrected chi connectivity index (χ0v) is 20.2. The van der Waals surface area contributed by atoms with Gasteiger partial charge in [-0.2, -0.15) is 0 Å². The summed E-state index contributed by atoms with van der Waals surface area (Å²) in [4.78, 5) is 28.5. The van der Waals surface area contributed by atoms with Crippen LogP contribution in [-0.2, 0) is 14.3 Å². The van der Waals surface area contributed by atoms with Gasteiger partial charge < -0.3 is 14.7 Å². The van der Waals surface area contributed by atoms with Gasteiger partial charge >= 0.3 is 5.97 Å². The number of carbonyl (C=O) groups excluding carboxylic acids is 1. The van der Waals surface area contributed by atoms with Gasteiger partial charge in [-0.3, -0.25) is 14.5 Å². The van der Waals surface area contributed by atoms with Crippen molar-refractivity contribution in [2.75, 3.05) is 24.5 Å². The second kappa shape index (κ2) is 9.79. The maximum Gasteiger partial charge on any atom is 0.317 e. The molecule has 8 heteroatoms. The molecule has 0 radical (unpaired) electrons. The van der Waals surface area contributed by atoms with Crippen LogP contribution in [0.3, 0.4) is 0 Å². The highest BCUT2D eigenvalue weighted by Crippen LogP contribution is 2.42. The van der Waals surface area contributed by atoms with Crippen LogP contribution in [0.2, 0.25) is 10.0 Å². The molecule has 1 amide bonds. The number of ether oxygens (including phenoxy) is 1. The van der Waals surface area contributed by atoms with Crippen molar-refractivity contribution >= 4 is 40.8 Å². The lowest BCUT2D eigenvalue weighted by atomic mass is 9.94. The Kier molecular flexibility index (Phi) is 7.50. The predicted molar refractivity (Wildman–Crippen MR) is 126 cm³/mol. The highest BCUT2D eigenvalue weighted by Gasteiger charge is 2.41. The Bertz CT molecular complexity index is 1010. The van der Waals surface area contributed by atoms with Crippen molar-refractivity contribution in [1.29, 1.82) is 0 Å². The van der Waals surface area contributed by atoms with E-state index >= 15 is 0 Å². The standard InChI is InChI=1S/C24H28Cl2N2O4/c1-5-27(13-20(29)30)23-22(31)28(14-24(2,3)4)19-11-10-15(25)12-17(19)21(32-23)16-8-6-7-9-18(16)26/h6-12,21,23H,5,13-14H2,1-4H3,(H,29,30)/t21-,23+/m0/s1. The largest absolute Gasteiger partial charge is 0.480 e. The van der Waals surface area contributed by atoms with E-state index in [2.05, 4.69) is 0 Å². The molecule has 0 bridgehead atoms. The highest BCUT2D eigenvalue weighted by atomic mass is 35.5. The summed E-state index contributed by atoms with van der Waals surface area (Å²) in [6, 6.07) is 12.6. The first-order valence-electron chi connectivity index (χ1n) is 10.5. The van der Waals surface area contributed by atoms with Crippen molar-refractivity contribution in [2.24, 2.45) is 5.41 Å². The summed E-state index contributed by atoms with van der Waals surface area (Å²) in [6.07, 6.45) is -1.81. The number of carboxylic acids is 1. The van der Waals surface area contributed by atoms with Gasteiger partial charge in [0.1, 0.15) is 6.10 Å². The van der Waals surface area contributed by atoms with E-state index in [1.807, 2.05) is 45.0 Å². The van der Waals surface area contributed by atoms with Crippen LogP contribution in [0.15, 0.2) is 42.5 Å². The highest BCUT2D eigenvalue weighted by molar-refractivity contribution is 6.31. The molecule has 0 fully saturated rings. The molecular formula is C24H28Cl2N2O4. The fourth-order valence-corrected chi connectivity index (χ4v) is 4.25. The molecule has 172 valence electrons. The number of rotatable bonds is 6. The third-order valence-electron chi connectivity index (χ3n) is 5.20. The predicted octanol–water partition coefficient (Wildman–Crippen LogP) is 5.22. The maximum absolute atomic E-state index is 13.8. The van der Waals surface area contributed by atoms with E-state index in [4.69, 9.17) is 27.9 Å². The Hall–Kier alpha value is -2.12. The number of carboxylic acid groups (broad SMARTS) is 1. The molecule has 3 rings (SSSR count). The van der Waals surface area contributed by atoms with Crippen LogP contribution in [0.1, 0.15) is 44.9 Å². The Labute approximate surface area is 198 Å². The lowest BCUT2D eigenvalue weighted by Crippen LogP contribution is -2.52. The van der Waals surface area contributed by atoms with Gasteiger partial charge in [0.15, 0.2) is 6.23 Å². The number of anilines is 1. The molecule has 32 heavy (non-hydrogen) atoms. The third kappa shape index (κ3) is 5.44. The fraction of sp³-hybridized carbons (Fsp3) is 0.417. The molecule has 2 atom stereocenters. The number of fused-ring (bicyclic) bond motifs is 1. The van der Waals surface area contributed by atoms with E-state index < -0.39 is 18.3 Å². The van der Waals surface area contributed by atoms with Crippen molar-refractivity contribution in [2.45, 2.75) is 40.0 Å². The lowest BCUT2D eigenvalue weighted by molar-refractivity contribution is -0.155. The summed E-state index contributed by atoms with van der Waals surface area (Å²) >= 11 is 12.9. The number of likely N-dealkylation sites (N-methyl/N-ethyl adjacent to an activating group) is 1. The van der Waals surface area contributed by atoms with E-state index in [0.29, 0.717) is 39.9 Å². The van der Waals surface area contributed by atoms with Crippen LogP contribution in [0, 0.1) is 5.41 Å². The first kappa shape index (κ1) is 24.5. The molecule has 0 aromatic heterocycles. The third-order valence-corrected chi connectivity index (χ3v) is 5.78. The first-order valence-corrected chi connectivity index (χ1v) is 11.2. The molecular weight excluding hydrogens is 451 g/mol. The number of aliphatic carboxylic acids is 1. The minimum atomic E-state index is -1.11. The van der Waals surface area contributed by atoms with Crippen LogP contribution >= 0.6 is 23.2 Å². The van der Waals surface area contributed by atoms with Crippen LogP contribution in [0.4, 0.5) is 5.69 Å². The molecule has 2 aromatic rings. The SMILES string of the molecule is CCN(CC(=O)O)[C@@H]1O[C@@H](c2ccccc2Cl)c2cc(Cl)ccc2N(CC(C)(C)C)C1=O. The van der Waals surface area contributed by atoms with Gasteiger partial charge in [0.05, 0.1) is 12.2 Å². The van der Waals surface area contributed by atoms with E-state index in [1.165, 1.54) is 4.90 Å².